The Hall–Kier alpha value is -0.525. The van der Waals surface area contributed by atoms with Crippen LogP contribution in [0.2, 0.25) is 0 Å². The van der Waals surface area contributed by atoms with Crippen molar-refractivity contribution in [2.75, 3.05) is 11.4 Å². The zero-order valence-electron chi connectivity index (χ0n) is 14.0. The van der Waals surface area contributed by atoms with Crippen molar-refractivity contribution >= 4 is 16.9 Å². The molecule has 0 amide bonds. The third kappa shape index (κ3) is 4.73. The number of H-pyrrole nitrogens is 1. The first-order valence-corrected chi connectivity index (χ1v) is 7.80. The number of nitrogens with zero attached hydrogens (tertiary/aromatic N) is 4. The Morgan fingerprint density at radius 1 is 1.22 bits per heavy atom. The van der Waals surface area contributed by atoms with Gasteiger partial charge in [0.1, 0.15) is 17.5 Å². The molecule has 0 fully saturated rings. The second kappa shape index (κ2) is 11.1. The van der Waals surface area contributed by atoms with Crippen molar-refractivity contribution in [1.82, 2.24) is 20.2 Å². The van der Waals surface area contributed by atoms with E-state index in [9.17, 15) is 0 Å². The standard InChI is InChI=1S/C13H18N5O.C2H6.2Re/c1-3-5-9-7-19-13-10-11(16-17-13)14-8-15-12(10)18(9)6-4-2;1-2;;/h7-9H,3-6H2,1-2H3,(H,14,15,16,17);1-2H3;;/q-1;;;. The van der Waals surface area contributed by atoms with Gasteiger partial charge in [-0.15, -0.1) is 11.7 Å². The molecule has 130 valence electrons. The van der Waals surface area contributed by atoms with Gasteiger partial charge in [-0.05, 0) is 6.42 Å². The average Bonchev–Trinajstić information content (AvgIpc) is 2.88. The van der Waals surface area contributed by atoms with Crippen molar-refractivity contribution in [3.05, 3.63) is 12.9 Å². The molecule has 0 bridgehead atoms. The molecule has 0 aromatic carbocycles. The first-order chi connectivity index (χ1) is 10.3. The summed E-state index contributed by atoms with van der Waals surface area (Å²) in [5.74, 6) is 1.49. The van der Waals surface area contributed by atoms with Gasteiger partial charge in [0.25, 0.3) is 0 Å². The Kier molecular flexibility index (Phi) is 10.8. The van der Waals surface area contributed by atoms with Gasteiger partial charge < -0.3 is 9.64 Å². The van der Waals surface area contributed by atoms with Crippen molar-refractivity contribution in [2.45, 2.75) is 53.0 Å². The van der Waals surface area contributed by atoms with Gasteiger partial charge in [0.05, 0.1) is 0 Å². The second-order valence-electron chi connectivity index (χ2n) is 4.75. The van der Waals surface area contributed by atoms with Crippen molar-refractivity contribution in [3.63, 3.8) is 0 Å². The number of nitrogens with one attached hydrogen (secondary N) is 1. The normalized spacial score (nSPS) is 15.5. The molecule has 2 aromatic rings. The average molecular weight is 663 g/mol. The van der Waals surface area contributed by atoms with E-state index in [1.165, 1.54) is 0 Å². The molecule has 0 aliphatic carbocycles. The van der Waals surface area contributed by atoms with Crippen LogP contribution in [0.5, 0.6) is 5.88 Å². The first kappa shape index (κ1) is 22.5. The summed E-state index contributed by atoms with van der Waals surface area (Å²) in [5, 5.41) is 7.93. The predicted octanol–water partition coefficient (Wildman–Crippen LogP) is 3.31. The van der Waals surface area contributed by atoms with Crippen LogP contribution in [0.1, 0.15) is 47.0 Å². The first-order valence-electron chi connectivity index (χ1n) is 7.80. The number of hydrogen-bond donors (Lipinski definition) is 1. The number of ether oxygens (including phenoxy) is 1. The van der Waals surface area contributed by atoms with Crippen molar-refractivity contribution in [1.29, 1.82) is 0 Å². The molecule has 8 heteroatoms. The summed E-state index contributed by atoms with van der Waals surface area (Å²) in [7, 11) is 0. The van der Waals surface area contributed by atoms with Crippen LogP contribution in [-0.4, -0.2) is 32.8 Å². The maximum absolute atomic E-state index is 5.71. The Morgan fingerprint density at radius 2 is 1.96 bits per heavy atom. The van der Waals surface area contributed by atoms with Crippen LogP contribution in [0.25, 0.3) is 11.0 Å². The van der Waals surface area contributed by atoms with Crippen LogP contribution in [-0.2, 0) is 40.8 Å². The number of aromatic amines is 1. The topological polar surface area (TPSA) is 66.9 Å². The fourth-order valence-electron chi connectivity index (χ4n) is 2.53. The van der Waals surface area contributed by atoms with Gasteiger partial charge in [-0.1, -0.05) is 46.6 Å². The van der Waals surface area contributed by atoms with Crippen molar-refractivity contribution in [2.24, 2.45) is 0 Å². The van der Waals surface area contributed by atoms with Crippen LogP contribution < -0.4 is 9.64 Å². The third-order valence-corrected chi connectivity index (χ3v) is 3.36. The van der Waals surface area contributed by atoms with E-state index in [1.54, 1.807) is 6.33 Å². The van der Waals surface area contributed by atoms with Gasteiger partial charge in [-0.3, -0.25) is 5.10 Å². The van der Waals surface area contributed by atoms with Gasteiger partial charge in [-0.25, -0.2) is 9.97 Å². The molecule has 23 heavy (non-hydrogen) atoms. The maximum Gasteiger partial charge on any atom is 0.214 e. The quantitative estimate of drug-likeness (QED) is 0.510. The van der Waals surface area contributed by atoms with Crippen molar-refractivity contribution < 1.29 is 45.6 Å². The molecule has 2 radical (unpaired) electrons. The van der Waals surface area contributed by atoms with E-state index in [2.05, 4.69) is 38.9 Å². The van der Waals surface area contributed by atoms with Crippen LogP contribution in [0.3, 0.4) is 0 Å². The zero-order valence-corrected chi connectivity index (χ0v) is 19.4. The maximum atomic E-state index is 5.71. The molecule has 2 aromatic heterocycles. The van der Waals surface area contributed by atoms with Crippen LogP contribution in [0.15, 0.2) is 6.33 Å². The number of rotatable bonds is 4. The van der Waals surface area contributed by atoms with E-state index in [4.69, 9.17) is 4.74 Å². The summed E-state index contributed by atoms with van der Waals surface area (Å²) < 4.78 is 5.71. The second-order valence-corrected chi connectivity index (χ2v) is 4.75. The molecule has 0 spiro atoms. The van der Waals surface area contributed by atoms with Crippen LogP contribution in [0.4, 0.5) is 5.82 Å². The molecule has 1 N–H and O–H groups in total. The van der Waals surface area contributed by atoms with E-state index in [0.717, 1.165) is 42.7 Å². The Labute approximate surface area is 165 Å². The van der Waals surface area contributed by atoms with E-state index >= 15 is 0 Å². The summed E-state index contributed by atoms with van der Waals surface area (Å²) >= 11 is 0. The summed E-state index contributed by atoms with van der Waals surface area (Å²) in [6.45, 7) is 11.2. The van der Waals surface area contributed by atoms with Gasteiger partial charge >= 0.3 is 0 Å². The molecule has 0 saturated heterocycles. The molecule has 1 unspecified atom stereocenters. The van der Waals surface area contributed by atoms with Gasteiger partial charge in [0.15, 0.2) is 5.65 Å². The summed E-state index contributed by atoms with van der Waals surface area (Å²) in [6.07, 6.45) is 4.78. The summed E-state index contributed by atoms with van der Waals surface area (Å²) in [5.41, 5.74) is 0.728. The minimum Gasteiger partial charge on any atom is -0.645 e. The van der Waals surface area contributed by atoms with Gasteiger partial charge in [0.2, 0.25) is 5.88 Å². The molecule has 1 atom stereocenters. The summed E-state index contributed by atoms with van der Waals surface area (Å²) in [4.78, 5) is 11.0. The van der Waals surface area contributed by atoms with E-state index in [1.807, 2.05) is 20.5 Å². The third-order valence-electron chi connectivity index (χ3n) is 3.36. The Morgan fingerprint density at radius 3 is 2.61 bits per heavy atom. The van der Waals surface area contributed by atoms with Crippen LogP contribution in [0, 0.1) is 6.61 Å². The number of aromatic nitrogens is 4. The van der Waals surface area contributed by atoms with E-state index in [-0.39, 0.29) is 46.9 Å². The molecule has 3 rings (SSSR count). The largest absolute Gasteiger partial charge is 0.645 e. The van der Waals surface area contributed by atoms with E-state index < -0.39 is 0 Å². The number of anilines is 1. The zero-order chi connectivity index (χ0) is 15.2. The molecular weight excluding hydrogens is 639 g/mol. The van der Waals surface area contributed by atoms with E-state index in [0.29, 0.717) is 5.88 Å². The smallest absolute Gasteiger partial charge is 0.214 e. The van der Waals surface area contributed by atoms with Gasteiger partial charge in [0, 0.05) is 47.4 Å². The molecule has 6 nitrogen and oxygen atoms in total. The summed E-state index contributed by atoms with van der Waals surface area (Å²) in [6, 6.07) is 0.234. The molecule has 3 heterocycles. The molecule has 1 aliphatic rings. The molecule has 1 aliphatic heterocycles. The molecule has 0 saturated carbocycles. The molecular formula is C15H24N5ORe2-. The Bertz CT molecular complexity index is 578. The fourth-order valence-corrected chi connectivity index (χ4v) is 2.53. The SMILES string of the molecule is CC.CCCC1[CH-]Oc2n[nH]c3ncnc(c23)N1CCC.[Re].[Re]. The predicted molar refractivity (Wildman–Crippen MR) is 84.3 cm³/mol. The monoisotopic (exact) mass is 664 g/mol. The van der Waals surface area contributed by atoms with Crippen LogP contribution >= 0.6 is 0 Å². The van der Waals surface area contributed by atoms with Gasteiger partial charge in [-0.2, -0.15) is 0 Å². The number of hydrogen-bond acceptors (Lipinski definition) is 5. The Balaban J connectivity index is 0.00000117. The minimum absolute atomic E-state index is 0. The van der Waals surface area contributed by atoms with Crippen molar-refractivity contribution in [3.8, 4) is 5.88 Å². The minimum atomic E-state index is 0. The fraction of sp³-hybridized carbons (Fsp3) is 0.600.